The first-order valence-corrected chi connectivity index (χ1v) is 3.01. The van der Waals surface area contributed by atoms with E-state index in [4.69, 9.17) is 10.3 Å². The van der Waals surface area contributed by atoms with Crippen LogP contribution >= 0.6 is 0 Å². The molecule has 0 aromatic carbocycles. The fraction of sp³-hybridized carbons (Fsp3) is 0.500. The highest BCUT2D eigenvalue weighted by Gasteiger charge is 2.08. The fourth-order valence-electron chi connectivity index (χ4n) is 0.457. The summed E-state index contributed by atoms with van der Waals surface area (Å²) in [7, 11) is 0. The Morgan fingerprint density at radius 1 is 1.36 bits per heavy atom. The zero-order valence-electron chi connectivity index (χ0n) is 6.07. The molecule has 0 atom stereocenters. The second kappa shape index (κ2) is 4.43. The van der Waals surface area contributed by atoms with Crippen molar-refractivity contribution < 1.29 is 19.9 Å². The van der Waals surface area contributed by atoms with Gasteiger partial charge in [-0.05, 0) is 6.92 Å². The maximum absolute atomic E-state index is 10.7. The van der Waals surface area contributed by atoms with Crippen molar-refractivity contribution in [3.8, 4) is 0 Å². The number of carbonyl (C=O) groups is 2. The zero-order valence-corrected chi connectivity index (χ0v) is 6.07. The molecule has 0 spiro atoms. The van der Waals surface area contributed by atoms with Crippen molar-refractivity contribution in [3.05, 3.63) is 0 Å². The quantitative estimate of drug-likeness (QED) is 0.350. The number of hydrogen-bond donors (Lipinski definition) is 2. The van der Waals surface area contributed by atoms with Crippen LogP contribution in [0.25, 0.3) is 0 Å². The van der Waals surface area contributed by atoms with Crippen LogP contribution in [0.3, 0.4) is 0 Å². The number of carbonyl (C=O) groups excluding carboxylic acids is 1. The molecule has 2 N–H and O–H groups in total. The van der Waals surface area contributed by atoms with Crippen LogP contribution in [0.2, 0.25) is 0 Å². The third-order valence-corrected chi connectivity index (χ3v) is 1.12. The highest BCUT2D eigenvalue weighted by molar-refractivity contribution is 6.38. The highest BCUT2D eigenvalue weighted by Crippen LogP contribution is 1.92. The van der Waals surface area contributed by atoms with Gasteiger partial charge in [0.05, 0.1) is 6.42 Å². The van der Waals surface area contributed by atoms with E-state index in [1.807, 2.05) is 0 Å². The summed E-state index contributed by atoms with van der Waals surface area (Å²) in [5.74, 6) is -1.49. The molecule has 0 bridgehead atoms. The van der Waals surface area contributed by atoms with Gasteiger partial charge in [-0.2, -0.15) is 0 Å². The maximum atomic E-state index is 10.7. The lowest BCUT2D eigenvalue weighted by Crippen LogP contribution is -2.11. The largest absolute Gasteiger partial charge is 0.481 e. The van der Waals surface area contributed by atoms with Gasteiger partial charge in [0.25, 0.3) is 0 Å². The van der Waals surface area contributed by atoms with Crippen LogP contribution < -0.4 is 0 Å². The number of oxime groups is 1. The SMILES string of the molecule is C/C(=N\O)C(=O)CCC(=O)O. The van der Waals surface area contributed by atoms with E-state index in [1.54, 1.807) is 0 Å². The number of ketones is 1. The Hall–Kier alpha value is -1.39. The molecule has 0 aliphatic heterocycles. The highest BCUT2D eigenvalue weighted by atomic mass is 16.4. The van der Waals surface area contributed by atoms with Crippen LogP contribution in [0.1, 0.15) is 19.8 Å². The number of hydrogen-bond acceptors (Lipinski definition) is 4. The molecule has 0 aromatic heterocycles. The predicted octanol–water partition coefficient (Wildman–Crippen LogP) is 0.270. The molecule has 0 unspecified atom stereocenters. The number of Topliss-reactive ketones (excluding diaryl/α,β-unsaturated/α-hetero) is 1. The van der Waals surface area contributed by atoms with E-state index in [0.717, 1.165) is 0 Å². The van der Waals surface area contributed by atoms with E-state index < -0.39 is 11.8 Å². The minimum Gasteiger partial charge on any atom is -0.481 e. The first kappa shape index (κ1) is 9.61. The normalized spacial score (nSPS) is 11.2. The molecule has 0 aliphatic rings. The predicted molar refractivity (Wildman–Crippen MR) is 36.8 cm³/mol. The lowest BCUT2D eigenvalue weighted by atomic mass is 10.1. The molecule has 0 aromatic rings. The molecule has 0 saturated heterocycles. The molecule has 0 amide bonds. The van der Waals surface area contributed by atoms with Crippen LogP contribution in [0, 0.1) is 0 Å². The van der Waals surface area contributed by atoms with Crippen LogP contribution in [-0.4, -0.2) is 27.8 Å². The first-order chi connectivity index (χ1) is 5.07. The van der Waals surface area contributed by atoms with Crippen molar-refractivity contribution in [2.24, 2.45) is 5.16 Å². The number of carboxylic acids is 1. The first-order valence-electron chi connectivity index (χ1n) is 3.01. The molecular formula is C6H9NO4. The lowest BCUT2D eigenvalue weighted by Gasteiger charge is -1.93. The monoisotopic (exact) mass is 159 g/mol. The Morgan fingerprint density at radius 2 is 1.91 bits per heavy atom. The number of carboxylic acid groups (broad SMARTS) is 1. The van der Waals surface area contributed by atoms with Crippen LogP contribution in [0.15, 0.2) is 5.16 Å². The van der Waals surface area contributed by atoms with Crippen molar-refractivity contribution in [3.63, 3.8) is 0 Å². The summed E-state index contributed by atoms with van der Waals surface area (Å²) >= 11 is 0. The molecule has 0 rings (SSSR count). The Kier molecular flexibility index (Phi) is 3.87. The molecular weight excluding hydrogens is 150 g/mol. The van der Waals surface area contributed by atoms with E-state index >= 15 is 0 Å². The van der Waals surface area contributed by atoms with Gasteiger partial charge in [-0.1, -0.05) is 5.16 Å². The molecule has 0 saturated carbocycles. The molecule has 0 aliphatic carbocycles. The minimum absolute atomic E-state index is 0.0637. The molecule has 0 fully saturated rings. The smallest absolute Gasteiger partial charge is 0.303 e. The van der Waals surface area contributed by atoms with Gasteiger partial charge in [0.1, 0.15) is 5.71 Å². The summed E-state index contributed by atoms with van der Waals surface area (Å²) in [6.45, 7) is 1.32. The molecule has 5 nitrogen and oxygen atoms in total. The van der Waals surface area contributed by atoms with E-state index in [2.05, 4.69) is 5.16 Å². The topological polar surface area (TPSA) is 87.0 Å². The third kappa shape index (κ3) is 4.07. The number of rotatable bonds is 4. The molecule has 0 radical (unpaired) electrons. The summed E-state index contributed by atoms with van der Waals surface area (Å²) < 4.78 is 0. The van der Waals surface area contributed by atoms with Gasteiger partial charge in [0, 0.05) is 6.42 Å². The van der Waals surface area contributed by atoms with Crippen LogP contribution in [-0.2, 0) is 9.59 Å². The van der Waals surface area contributed by atoms with E-state index in [0.29, 0.717) is 0 Å². The second-order valence-corrected chi connectivity index (χ2v) is 2.00. The molecule has 62 valence electrons. The summed E-state index contributed by atoms with van der Waals surface area (Å²) in [4.78, 5) is 20.7. The summed E-state index contributed by atoms with van der Waals surface area (Å²) in [5, 5.41) is 18.9. The number of nitrogens with zero attached hydrogens (tertiary/aromatic N) is 1. The van der Waals surface area contributed by atoms with Gasteiger partial charge in [0.2, 0.25) is 0 Å². The van der Waals surface area contributed by atoms with Crippen molar-refractivity contribution in [1.29, 1.82) is 0 Å². The minimum atomic E-state index is -1.04. The maximum Gasteiger partial charge on any atom is 0.303 e. The van der Waals surface area contributed by atoms with Gasteiger partial charge in [-0.15, -0.1) is 0 Å². The zero-order chi connectivity index (χ0) is 8.85. The standard InChI is InChI=1S/C6H9NO4/c1-4(7-11)5(8)2-3-6(9)10/h11H,2-3H2,1H3,(H,9,10)/b7-4+. The van der Waals surface area contributed by atoms with Gasteiger partial charge in [-0.25, -0.2) is 0 Å². The molecule has 11 heavy (non-hydrogen) atoms. The Morgan fingerprint density at radius 3 is 2.27 bits per heavy atom. The Bertz CT molecular complexity index is 197. The average molecular weight is 159 g/mol. The Labute approximate surface area is 63.3 Å². The second-order valence-electron chi connectivity index (χ2n) is 2.00. The van der Waals surface area contributed by atoms with E-state index in [1.165, 1.54) is 6.92 Å². The summed E-state index contributed by atoms with van der Waals surface area (Å²) in [5.41, 5.74) is -0.0637. The number of aliphatic carboxylic acids is 1. The van der Waals surface area contributed by atoms with Crippen molar-refractivity contribution in [2.75, 3.05) is 0 Å². The van der Waals surface area contributed by atoms with Crippen molar-refractivity contribution >= 4 is 17.5 Å². The van der Waals surface area contributed by atoms with Gasteiger partial charge in [-0.3, -0.25) is 9.59 Å². The van der Waals surface area contributed by atoms with E-state index in [-0.39, 0.29) is 18.6 Å². The van der Waals surface area contributed by atoms with E-state index in [9.17, 15) is 9.59 Å². The average Bonchev–Trinajstić information content (AvgIpc) is 1.98. The fourth-order valence-corrected chi connectivity index (χ4v) is 0.457. The van der Waals surface area contributed by atoms with Gasteiger partial charge < -0.3 is 10.3 Å². The third-order valence-electron chi connectivity index (χ3n) is 1.12. The van der Waals surface area contributed by atoms with Crippen molar-refractivity contribution in [2.45, 2.75) is 19.8 Å². The molecule has 0 heterocycles. The summed E-state index contributed by atoms with van der Waals surface area (Å²) in [6.07, 6.45) is -0.350. The van der Waals surface area contributed by atoms with Crippen LogP contribution in [0.5, 0.6) is 0 Å². The van der Waals surface area contributed by atoms with Gasteiger partial charge >= 0.3 is 5.97 Å². The van der Waals surface area contributed by atoms with Gasteiger partial charge in [0.15, 0.2) is 5.78 Å². The van der Waals surface area contributed by atoms with Crippen molar-refractivity contribution in [1.82, 2.24) is 0 Å². The lowest BCUT2D eigenvalue weighted by molar-refractivity contribution is -0.138. The summed E-state index contributed by atoms with van der Waals surface area (Å²) in [6, 6.07) is 0. The molecule has 5 heteroatoms. The Balaban J connectivity index is 3.80. The van der Waals surface area contributed by atoms with Crippen LogP contribution in [0.4, 0.5) is 0 Å².